The molecular formula is C26H29F2N3O. The number of benzene rings is 1. The predicted octanol–water partition coefficient (Wildman–Crippen LogP) is 6.14. The lowest BCUT2D eigenvalue weighted by atomic mass is 10.0. The molecule has 0 unspecified atom stereocenters. The number of halogens is 2. The smallest absolute Gasteiger partial charge is 0.278 e. The molecule has 0 fully saturated rings. The Morgan fingerprint density at radius 1 is 1.16 bits per heavy atom. The molecule has 2 heterocycles. The maximum Gasteiger partial charge on any atom is 0.278 e. The van der Waals surface area contributed by atoms with Crippen LogP contribution in [0.2, 0.25) is 0 Å². The molecule has 0 radical (unpaired) electrons. The summed E-state index contributed by atoms with van der Waals surface area (Å²) in [4.78, 5) is 16.5. The third-order valence-corrected chi connectivity index (χ3v) is 5.76. The molecule has 0 atom stereocenters. The molecule has 0 saturated carbocycles. The Morgan fingerprint density at radius 3 is 2.59 bits per heavy atom. The van der Waals surface area contributed by atoms with E-state index in [0.29, 0.717) is 18.7 Å². The van der Waals surface area contributed by atoms with Gasteiger partial charge in [-0.05, 0) is 56.0 Å². The fraction of sp³-hybridized carbons (Fsp3) is 0.308. The molecule has 0 aliphatic rings. The molecule has 0 aliphatic carbocycles. The van der Waals surface area contributed by atoms with Gasteiger partial charge >= 0.3 is 0 Å². The van der Waals surface area contributed by atoms with Crippen molar-refractivity contribution in [1.82, 2.24) is 14.9 Å². The predicted molar refractivity (Wildman–Crippen MR) is 124 cm³/mol. The van der Waals surface area contributed by atoms with Crippen LogP contribution in [0.25, 0.3) is 10.9 Å². The van der Waals surface area contributed by atoms with E-state index in [2.05, 4.69) is 10.3 Å². The van der Waals surface area contributed by atoms with Crippen molar-refractivity contribution in [2.24, 2.45) is 0 Å². The summed E-state index contributed by atoms with van der Waals surface area (Å²) < 4.78 is 30.3. The SMILES string of the molecule is C/C=C(C)\C(=C/C)Cn1c(C(F)F)c(CCC(=O)NCc2cccnc2)c2ccccc21. The van der Waals surface area contributed by atoms with Gasteiger partial charge in [0.25, 0.3) is 6.43 Å². The largest absolute Gasteiger partial charge is 0.352 e. The quantitative estimate of drug-likeness (QED) is 0.409. The van der Waals surface area contributed by atoms with Crippen LogP contribution in [-0.2, 0) is 24.3 Å². The zero-order valence-corrected chi connectivity index (χ0v) is 18.7. The first-order valence-electron chi connectivity index (χ1n) is 10.8. The summed E-state index contributed by atoms with van der Waals surface area (Å²) in [6.07, 6.45) is 5.05. The number of aromatic nitrogens is 2. The topological polar surface area (TPSA) is 46.9 Å². The van der Waals surface area contributed by atoms with E-state index in [0.717, 1.165) is 27.6 Å². The van der Waals surface area contributed by atoms with Crippen LogP contribution in [-0.4, -0.2) is 15.5 Å². The summed E-state index contributed by atoms with van der Waals surface area (Å²) in [5, 5.41) is 3.62. The highest BCUT2D eigenvalue weighted by Crippen LogP contribution is 2.35. The van der Waals surface area contributed by atoms with Crippen LogP contribution in [0.15, 0.2) is 72.1 Å². The third-order valence-electron chi connectivity index (χ3n) is 5.76. The van der Waals surface area contributed by atoms with Crippen molar-refractivity contribution >= 4 is 16.8 Å². The molecule has 32 heavy (non-hydrogen) atoms. The Morgan fingerprint density at radius 2 is 1.94 bits per heavy atom. The number of amides is 1. The van der Waals surface area contributed by atoms with Crippen molar-refractivity contribution in [2.75, 3.05) is 0 Å². The Bertz CT molecular complexity index is 1130. The van der Waals surface area contributed by atoms with Crippen molar-refractivity contribution in [3.05, 3.63) is 88.9 Å². The molecule has 2 aromatic heterocycles. The van der Waals surface area contributed by atoms with Crippen molar-refractivity contribution in [3.8, 4) is 0 Å². The Balaban J connectivity index is 1.88. The number of allylic oxidation sites excluding steroid dienone is 4. The molecule has 1 N–H and O–H groups in total. The Kier molecular flexibility index (Phi) is 7.92. The van der Waals surface area contributed by atoms with Gasteiger partial charge in [-0.15, -0.1) is 0 Å². The number of hydrogen-bond donors (Lipinski definition) is 1. The minimum Gasteiger partial charge on any atom is -0.352 e. The number of pyridine rings is 1. The lowest BCUT2D eigenvalue weighted by Crippen LogP contribution is -2.23. The Labute approximate surface area is 187 Å². The molecule has 4 nitrogen and oxygen atoms in total. The van der Waals surface area contributed by atoms with Gasteiger partial charge in [0, 0.05) is 42.8 Å². The average Bonchev–Trinajstić information content (AvgIpc) is 3.13. The van der Waals surface area contributed by atoms with Crippen molar-refractivity contribution in [1.29, 1.82) is 0 Å². The number of nitrogens with one attached hydrogen (secondary N) is 1. The monoisotopic (exact) mass is 437 g/mol. The van der Waals surface area contributed by atoms with E-state index in [1.165, 1.54) is 0 Å². The second kappa shape index (κ2) is 10.8. The minimum absolute atomic E-state index is 0.00508. The van der Waals surface area contributed by atoms with Crippen LogP contribution < -0.4 is 5.32 Å². The molecular weight excluding hydrogens is 408 g/mol. The molecule has 0 bridgehead atoms. The molecule has 0 aliphatic heterocycles. The van der Waals surface area contributed by atoms with E-state index in [9.17, 15) is 13.6 Å². The van der Waals surface area contributed by atoms with Crippen LogP contribution in [0.1, 0.15) is 50.4 Å². The molecule has 3 aromatic rings. The van der Waals surface area contributed by atoms with Crippen molar-refractivity contribution in [2.45, 2.75) is 53.1 Å². The van der Waals surface area contributed by atoms with E-state index in [4.69, 9.17) is 0 Å². The number of hydrogen-bond acceptors (Lipinski definition) is 2. The van der Waals surface area contributed by atoms with Gasteiger partial charge in [-0.3, -0.25) is 9.78 Å². The van der Waals surface area contributed by atoms with Crippen LogP contribution in [0.5, 0.6) is 0 Å². The van der Waals surface area contributed by atoms with E-state index < -0.39 is 6.43 Å². The third kappa shape index (κ3) is 5.31. The first-order valence-corrected chi connectivity index (χ1v) is 10.8. The number of carbonyl (C=O) groups is 1. The minimum atomic E-state index is -2.64. The highest BCUT2D eigenvalue weighted by molar-refractivity contribution is 5.87. The van der Waals surface area contributed by atoms with Gasteiger partial charge in [-0.2, -0.15) is 0 Å². The number of aryl methyl sites for hydroxylation is 1. The molecule has 3 rings (SSSR count). The highest BCUT2D eigenvalue weighted by Gasteiger charge is 2.24. The molecule has 0 spiro atoms. The zero-order valence-electron chi connectivity index (χ0n) is 18.7. The number of alkyl halides is 2. The fourth-order valence-electron chi connectivity index (χ4n) is 3.91. The van der Waals surface area contributed by atoms with Gasteiger partial charge in [0.05, 0.1) is 5.69 Å². The van der Waals surface area contributed by atoms with Gasteiger partial charge in [0.2, 0.25) is 5.91 Å². The van der Waals surface area contributed by atoms with E-state index in [1.807, 2.05) is 63.3 Å². The molecule has 1 aromatic carbocycles. The summed E-state index contributed by atoms with van der Waals surface area (Å²) in [6, 6.07) is 11.1. The first-order chi connectivity index (χ1) is 15.5. The molecule has 0 saturated heterocycles. The highest BCUT2D eigenvalue weighted by atomic mass is 19.3. The second-order valence-corrected chi connectivity index (χ2v) is 7.69. The summed E-state index contributed by atoms with van der Waals surface area (Å²) >= 11 is 0. The maximum atomic E-state index is 14.3. The van der Waals surface area contributed by atoms with Gasteiger partial charge in [-0.25, -0.2) is 8.78 Å². The van der Waals surface area contributed by atoms with Crippen molar-refractivity contribution < 1.29 is 13.6 Å². The zero-order chi connectivity index (χ0) is 23.1. The lowest BCUT2D eigenvalue weighted by Gasteiger charge is -2.15. The van der Waals surface area contributed by atoms with Crippen LogP contribution in [0, 0.1) is 0 Å². The van der Waals surface area contributed by atoms with Gasteiger partial charge in [0.1, 0.15) is 0 Å². The normalized spacial score (nSPS) is 12.6. The summed E-state index contributed by atoms with van der Waals surface area (Å²) in [5.41, 5.74) is 4.24. The van der Waals surface area contributed by atoms with Crippen LogP contribution >= 0.6 is 0 Å². The Hall–Kier alpha value is -3.28. The summed E-state index contributed by atoms with van der Waals surface area (Å²) in [6.45, 7) is 6.57. The number of fused-ring (bicyclic) bond motifs is 1. The molecule has 168 valence electrons. The van der Waals surface area contributed by atoms with Crippen LogP contribution in [0.3, 0.4) is 0 Å². The fourth-order valence-corrected chi connectivity index (χ4v) is 3.91. The maximum absolute atomic E-state index is 14.3. The number of rotatable bonds is 9. The number of para-hydroxylation sites is 1. The molecule has 6 heteroatoms. The lowest BCUT2D eigenvalue weighted by molar-refractivity contribution is -0.121. The summed E-state index contributed by atoms with van der Waals surface area (Å²) in [5.74, 6) is -0.176. The van der Waals surface area contributed by atoms with E-state index in [1.54, 1.807) is 23.0 Å². The van der Waals surface area contributed by atoms with Gasteiger partial charge in [-0.1, -0.05) is 42.0 Å². The van der Waals surface area contributed by atoms with Gasteiger partial charge in [0.15, 0.2) is 0 Å². The average molecular weight is 438 g/mol. The van der Waals surface area contributed by atoms with E-state index in [-0.39, 0.29) is 24.4 Å². The first kappa shape index (κ1) is 23.4. The number of carbonyl (C=O) groups excluding carboxylic acids is 1. The second-order valence-electron chi connectivity index (χ2n) is 7.69. The van der Waals surface area contributed by atoms with Gasteiger partial charge < -0.3 is 9.88 Å². The standard InChI is InChI=1S/C26H29F2N3O/c1-4-18(3)20(5-2)17-31-23-11-7-6-10-21(23)22(25(31)26(27)28)12-13-24(32)30-16-19-9-8-14-29-15-19/h4-11,14-15,26H,12-13,16-17H2,1-3H3,(H,30,32)/b18-4-,20-5-. The summed E-state index contributed by atoms with van der Waals surface area (Å²) in [7, 11) is 0. The van der Waals surface area contributed by atoms with Crippen LogP contribution in [0.4, 0.5) is 8.78 Å². The van der Waals surface area contributed by atoms with E-state index >= 15 is 0 Å². The van der Waals surface area contributed by atoms with Crippen molar-refractivity contribution in [3.63, 3.8) is 0 Å². The number of nitrogens with zero attached hydrogens (tertiary/aromatic N) is 2. The molecule has 1 amide bonds.